The third-order valence-corrected chi connectivity index (χ3v) is 2.74. The normalized spacial score (nSPS) is 12.6. The summed E-state index contributed by atoms with van der Waals surface area (Å²) in [5.74, 6) is 0.284. The molecule has 1 unspecified atom stereocenters. The van der Waals surface area contributed by atoms with Gasteiger partial charge in [0, 0.05) is 24.8 Å². The lowest BCUT2D eigenvalue weighted by atomic mass is 10.2. The van der Waals surface area contributed by atoms with E-state index in [4.69, 9.17) is 0 Å². The summed E-state index contributed by atoms with van der Waals surface area (Å²) in [7, 11) is 1.89. The molecule has 0 radical (unpaired) electrons. The van der Waals surface area contributed by atoms with Gasteiger partial charge in [-0.05, 0) is 12.8 Å². The van der Waals surface area contributed by atoms with Crippen LogP contribution in [0.2, 0.25) is 0 Å². The van der Waals surface area contributed by atoms with Crippen LogP contribution in [0.1, 0.15) is 46.0 Å². The molecule has 0 saturated carbocycles. The number of hydrogen-bond donors (Lipinski definition) is 0. The van der Waals surface area contributed by atoms with Crippen molar-refractivity contribution in [1.29, 1.82) is 0 Å². The Morgan fingerprint density at radius 3 is 2.57 bits per heavy atom. The van der Waals surface area contributed by atoms with Crippen molar-refractivity contribution in [2.45, 2.75) is 50.8 Å². The van der Waals surface area contributed by atoms with Crippen LogP contribution in [-0.4, -0.2) is 29.2 Å². The summed E-state index contributed by atoms with van der Waals surface area (Å²) in [6.07, 6.45) is 5.10. The molecule has 0 rings (SSSR count). The largest absolute Gasteiger partial charge is 0.346 e. The van der Waals surface area contributed by atoms with E-state index in [0.29, 0.717) is 11.2 Å². The average molecular weight is 264 g/mol. The summed E-state index contributed by atoms with van der Waals surface area (Å²) >= 11 is 3.48. The molecule has 14 heavy (non-hydrogen) atoms. The van der Waals surface area contributed by atoms with E-state index < -0.39 is 0 Å². The molecule has 1 atom stereocenters. The van der Waals surface area contributed by atoms with Crippen LogP contribution >= 0.6 is 15.9 Å². The Balaban J connectivity index is 3.54. The Bertz CT molecular complexity index is 159. The molecule has 0 fully saturated rings. The van der Waals surface area contributed by atoms with Crippen LogP contribution in [0.4, 0.5) is 0 Å². The van der Waals surface area contributed by atoms with Crippen molar-refractivity contribution >= 4 is 21.8 Å². The van der Waals surface area contributed by atoms with Crippen molar-refractivity contribution < 1.29 is 4.79 Å². The lowest BCUT2D eigenvalue weighted by Crippen LogP contribution is -2.28. The van der Waals surface area contributed by atoms with Gasteiger partial charge in [0.1, 0.15) is 0 Å². The summed E-state index contributed by atoms with van der Waals surface area (Å²) in [6.45, 7) is 5.12. The molecule has 0 heterocycles. The molecule has 3 heteroatoms. The summed E-state index contributed by atoms with van der Waals surface area (Å²) in [4.78, 5) is 13.9. The van der Waals surface area contributed by atoms with Crippen LogP contribution in [0.25, 0.3) is 0 Å². The lowest BCUT2D eigenvalue weighted by molar-refractivity contribution is -0.130. The molecular formula is C11H22BrNO. The van der Waals surface area contributed by atoms with Crippen molar-refractivity contribution in [3.8, 4) is 0 Å². The number of halogens is 1. The first-order chi connectivity index (χ1) is 6.57. The summed E-state index contributed by atoms with van der Waals surface area (Å²) < 4.78 is 0. The Kier molecular flexibility index (Phi) is 8.24. The van der Waals surface area contributed by atoms with Crippen molar-refractivity contribution in [2.24, 2.45) is 0 Å². The highest BCUT2D eigenvalue weighted by Crippen LogP contribution is 2.06. The SMILES string of the molecule is CCCCCC(=O)N(C)CCC(C)Br. The molecule has 1 amide bonds. The van der Waals surface area contributed by atoms with Crippen LogP contribution in [0.15, 0.2) is 0 Å². The zero-order chi connectivity index (χ0) is 11.0. The predicted octanol–water partition coefficient (Wildman–Crippen LogP) is 3.20. The molecule has 0 N–H and O–H groups in total. The minimum Gasteiger partial charge on any atom is -0.346 e. The standard InChI is InChI=1S/C11H22BrNO/c1-4-5-6-7-11(14)13(3)9-8-10(2)12/h10H,4-9H2,1-3H3. The molecule has 0 aliphatic carbocycles. The van der Waals surface area contributed by atoms with E-state index in [-0.39, 0.29) is 5.91 Å². The molecule has 0 saturated heterocycles. The van der Waals surface area contributed by atoms with Gasteiger partial charge in [0.15, 0.2) is 0 Å². The third-order valence-electron chi connectivity index (χ3n) is 2.28. The number of carbonyl (C=O) groups is 1. The number of unbranched alkanes of at least 4 members (excludes halogenated alkanes) is 2. The van der Waals surface area contributed by atoms with E-state index >= 15 is 0 Å². The van der Waals surface area contributed by atoms with Gasteiger partial charge in [0.25, 0.3) is 0 Å². The van der Waals surface area contributed by atoms with Gasteiger partial charge >= 0.3 is 0 Å². The zero-order valence-electron chi connectivity index (χ0n) is 9.55. The highest BCUT2D eigenvalue weighted by molar-refractivity contribution is 9.09. The minimum atomic E-state index is 0.284. The smallest absolute Gasteiger partial charge is 0.222 e. The lowest BCUT2D eigenvalue weighted by Gasteiger charge is -2.17. The van der Waals surface area contributed by atoms with Gasteiger partial charge in [0.05, 0.1) is 0 Å². The maximum Gasteiger partial charge on any atom is 0.222 e. The Hall–Kier alpha value is -0.0500. The number of alkyl halides is 1. The molecule has 0 spiro atoms. The van der Waals surface area contributed by atoms with Crippen LogP contribution in [0.5, 0.6) is 0 Å². The number of hydrogen-bond acceptors (Lipinski definition) is 1. The first-order valence-corrected chi connectivity index (χ1v) is 6.37. The number of amides is 1. The second kappa shape index (κ2) is 8.27. The molecule has 0 bridgehead atoms. The maximum absolute atomic E-state index is 11.5. The fourth-order valence-electron chi connectivity index (χ4n) is 1.21. The first-order valence-electron chi connectivity index (χ1n) is 5.46. The van der Waals surface area contributed by atoms with Gasteiger partial charge < -0.3 is 4.90 Å². The first kappa shape index (κ1) is 13.9. The summed E-state index contributed by atoms with van der Waals surface area (Å²) in [6, 6.07) is 0. The molecule has 0 aliphatic heterocycles. The maximum atomic E-state index is 11.5. The Labute approximate surface area is 96.2 Å². The van der Waals surface area contributed by atoms with Gasteiger partial charge in [-0.2, -0.15) is 0 Å². The Morgan fingerprint density at radius 1 is 1.43 bits per heavy atom. The van der Waals surface area contributed by atoms with Gasteiger partial charge in [-0.3, -0.25) is 4.79 Å². The second-order valence-electron chi connectivity index (χ2n) is 3.84. The topological polar surface area (TPSA) is 20.3 Å². The van der Waals surface area contributed by atoms with E-state index in [2.05, 4.69) is 29.8 Å². The highest BCUT2D eigenvalue weighted by atomic mass is 79.9. The van der Waals surface area contributed by atoms with Gasteiger partial charge in [0.2, 0.25) is 5.91 Å². The third kappa shape index (κ3) is 7.36. The van der Waals surface area contributed by atoms with E-state index in [1.807, 2.05) is 11.9 Å². The minimum absolute atomic E-state index is 0.284. The van der Waals surface area contributed by atoms with Crippen LogP contribution in [0.3, 0.4) is 0 Å². The zero-order valence-corrected chi connectivity index (χ0v) is 11.1. The van der Waals surface area contributed by atoms with Crippen molar-refractivity contribution in [3.05, 3.63) is 0 Å². The van der Waals surface area contributed by atoms with Crippen molar-refractivity contribution in [1.82, 2.24) is 4.90 Å². The fraction of sp³-hybridized carbons (Fsp3) is 0.909. The summed E-state index contributed by atoms with van der Waals surface area (Å²) in [5, 5.41) is 0. The van der Waals surface area contributed by atoms with Crippen LogP contribution in [-0.2, 0) is 4.79 Å². The van der Waals surface area contributed by atoms with Crippen molar-refractivity contribution in [2.75, 3.05) is 13.6 Å². The second-order valence-corrected chi connectivity index (χ2v) is 5.41. The van der Waals surface area contributed by atoms with Crippen LogP contribution in [0, 0.1) is 0 Å². The molecule has 0 aliphatic rings. The molecule has 84 valence electrons. The van der Waals surface area contributed by atoms with Crippen LogP contribution < -0.4 is 0 Å². The van der Waals surface area contributed by atoms with Crippen molar-refractivity contribution in [3.63, 3.8) is 0 Å². The van der Waals surface area contributed by atoms with E-state index in [1.54, 1.807) is 0 Å². The molecule has 0 aromatic rings. The predicted molar refractivity (Wildman–Crippen MR) is 64.8 cm³/mol. The van der Waals surface area contributed by atoms with Gasteiger partial charge in [-0.1, -0.05) is 42.6 Å². The average Bonchev–Trinajstić information content (AvgIpc) is 2.14. The van der Waals surface area contributed by atoms with Gasteiger partial charge in [-0.15, -0.1) is 0 Å². The highest BCUT2D eigenvalue weighted by Gasteiger charge is 2.08. The summed E-state index contributed by atoms with van der Waals surface area (Å²) in [5.41, 5.74) is 0. The van der Waals surface area contributed by atoms with E-state index in [1.165, 1.54) is 6.42 Å². The molecular weight excluding hydrogens is 242 g/mol. The van der Waals surface area contributed by atoms with E-state index in [9.17, 15) is 4.79 Å². The molecule has 0 aromatic carbocycles. The van der Waals surface area contributed by atoms with Gasteiger partial charge in [-0.25, -0.2) is 0 Å². The monoisotopic (exact) mass is 263 g/mol. The number of rotatable bonds is 7. The fourth-order valence-corrected chi connectivity index (χ4v) is 1.42. The molecule has 2 nitrogen and oxygen atoms in total. The Morgan fingerprint density at radius 2 is 2.07 bits per heavy atom. The number of nitrogens with zero attached hydrogens (tertiary/aromatic N) is 1. The quantitative estimate of drug-likeness (QED) is 0.511. The van der Waals surface area contributed by atoms with E-state index in [0.717, 1.165) is 25.8 Å². The molecule has 0 aromatic heterocycles. The number of carbonyl (C=O) groups excluding carboxylic acids is 1.